The molecule has 0 atom stereocenters. The molecule has 3 rings (SSSR count). The van der Waals surface area contributed by atoms with Crippen LogP contribution in [0.4, 0.5) is 0 Å². The van der Waals surface area contributed by atoms with E-state index < -0.39 is 0 Å². The van der Waals surface area contributed by atoms with Crippen molar-refractivity contribution in [3.63, 3.8) is 0 Å². The van der Waals surface area contributed by atoms with E-state index in [0.29, 0.717) is 17.5 Å². The minimum absolute atomic E-state index is 0.00375. The molecule has 5 heteroatoms. The molecule has 0 spiro atoms. The second kappa shape index (κ2) is 6.67. The molecule has 0 unspecified atom stereocenters. The number of nitrogens with zero attached hydrogens (tertiary/aromatic N) is 3. The summed E-state index contributed by atoms with van der Waals surface area (Å²) in [7, 11) is 0. The molecule has 5 nitrogen and oxygen atoms in total. The summed E-state index contributed by atoms with van der Waals surface area (Å²) in [5, 5.41) is 9.82. The highest BCUT2D eigenvalue weighted by Gasteiger charge is 2.27. The van der Waals surface area contributed by atoms with E-state index in [1.807, 2.05) is 24.2 Å². The van der Waals surface area contributed by atoms with Crippen LogP contribution in [0.15, 0.2) is 30.6 Å². The summed E-state index contributed by atoms with van der Waals surface area (Å²) in [5.74, 6) is 1.70. The molecule has 0 radical (unpaired) electrons. The summed E-state index contributed by atoms with van der Waals surface area (Å²) < 4.78 is 2.22. The van der Waals surface area contributed by atoms with Gasteiger partial charge in [0.2, 0.25) is 0 Å². The number of imidazole rings is 1. The summed E-state index contributed by atoms with van der Waals surface area (Å²) in [6.45, 7) is 7.60. The summed E-state index contributed by atoms with van der Waals surface area (Å²) in [5.41, 5.74) is 1.34. The van der Waals surface area contributed by atoms with Gasteiger partial charge in [-0.25, -0.2) is 4.98 Å². The van der Waals surface area contributed by atoms with Gasteiger partial charge in [-0.05, 0) is 51.3 Å². The Morgan fingerprint density at radius 3 is 2.62 bits per heavy atom. The second-order valence-corrected chi connectivity index (χ2v) is 6.85. The van der Waals surface area contributed by atoms with Gasteiger partial charge in [0.25, 0.3) is 5.91 Å². The zero-order chi connectivity index (χ0) is 17.3. The Balaban J connectivity index is 1.67. The van der Waals surface area contributed by atoms with E-state index >= 15 is 0 Å². The van der Waals surface area contributed by atoms with Gasteiger partial charge in [0.1, 0.15) is 11.6 Å². The number of phenolic OH excluding ortho intramolecular Hbond substituents is 1. The first-order valence-corrected chi connectivity index (χ1v) is 8.59. The molecule has 1 aromatic carbocycles. The maximum Gasteiger partial charge on any atom is 0.253 e. The maximum absolute atomic E-state index is 12.6. The number of aryl methyl sites for hydroxylation is 1. The van der Waals surface area contributed by atoms with Crippen LogP contribution in [0.3, 0.4) is 0 Å². The molecule has 1 amide bonds. The van der Waals surface area contributed by atoms with Gasteiger partial charge < -0.3 is 14.6 Å². The molecule has 0 bridgehead atoms. The van der Waals surface area contributed by atoms with Gasteiger partial charge in [0.05, 0.1) is 0 Å². The number of phenols is 1. The third-order valence-electron chi connectivity index (χ3n) is 4.86. The number of benzene rings is 1. The number of aromatic hydroxyl groups is 1. The van der Waals surface area contributed by atoms with Gasteiger partial charge in [-0.1, -0.05) is 6.07 Å². The number of hydrogen-bond donors (Lipinski definition) is 1. The van der Waals surface area contributed by atoms with E-state index in [4.69, 9.17) is 0 Å². The molecule has 1 aliphatic heterocycles. The Kier molecular flexibility index (Phi) is 4.60. The van der Waals surface area contributed by atoms with Crippen LogP contribution < -0.4 is 0 Å². The fourth-order valence-corrected chi connectivity index (χ4v) is 3.34. The summed E-state index contributed by atoms with van der Waals surface area (Å²) >= 11 is 0. The molecule has 1 fully saturated rings. The molecule has 2 aromatic rings. The molecule has 1 N–H and O–H groups in total. The highest BCUT2D eigenvalue weighted by Crippen LogP contribution is 2.29. The first-order chi connectivity index (χ1) is 11.5. The lowest BCUT2D eigenvalue weighted by Gasteiger charge is -2.32. The Morgan fingerprint density at radius 2 is 2.00 bits per heavy atom. The van der Waals surface area contributed by atoms with Crippen LogP contribution >= 0.6 is 0 Å². The zero-order valence-corrected chi connectivity index (χ0v) is 14.6. The Labute approximate surface area is 142 Å². The van der Waals surface area contributed by atoms with E-state index in [2.05, 4.69) is 23.4 Å². The standard InChI is InChI=1S/C19H25N3O2/c1-13(2)22-11-8-20-18(22)15-6-9-21(10-7-15)19(24)16-5-4-14(3)17(23)12-16/h4-5,8,11-13,15,23H,6-7,9-10H2,1-3H3. The number of amides is 1. The van der Waals surface area contributed by atoms with Gasteiger partial charge in [0.15, 0.2) is 0 Å². The molecule has 1 saturated heterocycles. The monoisotopic (exact) mass is 327 g/mol. The van der Waals surface area contributed by atoms with Gasteiger partial charge in [-0.3, -0.25) is 4.79 Å². The SMILES string of the molecule is Cc1ccc(C(=O)N2CCC(c3nccn3C(C)C)CC2)cc1O. The predicted octanol–water partition coefficient (Wildman–Crippen LogP) is 3.50. The predicted molar refractivity (Wildman–Crippen MR) is 93.3 cm³/mol. The number of piperidine rings is 1. The number of likely N-dealkylation sites (tertiary alicyclic amines) is 1. The van der Waals surface area contributed by atoms with Crippen LogP contribution in [0.1, 0.15) is 60.4 Å². The summed E-state index contributed by atoms with van der Waals surface area (Å²) in [4.78, 5) is 19.0. The van der Waals surface area contributed by atoms with Gasteiger partial charge in [0, 0.05) is 43.0 Å². The summed E-state index contributed by atoms with van der Waals surface area (Å²) in [6, 6.07) is 5.54. The van der Waals surface area contributed by atoms with Crippen molar-refractivity contribution in [3.05, 3.63) is 47.5 Å². The molecule has 0 saturated carbocycles. The third kappa shape index (κ3) is 3.16. The van der Waals surface area contributed by atoms with Gasteiger partial charge >= 0.3 is 0 Å². The van der Waals surface area contributed by atoms with Gasteiger partial charge in [-0.2, -0.15) is 0 Å². The van der Waals surface area contributed by atoms with Crippen LogP contribution in [-0.4, -0.2) is 38.6 Å². The second-order valence-electron chi connectivity index (χ2n) is 6.85. The lowest BCUT2D eigenvalue weighted by molar-refractivity contribution is 0.0709. The van der Waals surface area contributed by atoms with Crippen molar-refractivity contribution in [2.24, 2.45) is 0 Å². The average molecular weight is 327 g/mol. The molecular formula is C19H25N3O2. The van der Waals surface area contributed by atoms with E-state index in [1.54, 1.807) is 18.2 Å². The van der Waals surface area contributed by atoms with Crippen molar-refractivity contribution >= 4 is 5.91 Å². The van der Waals surface area contributed by atoms with Crippen LogP contribution in [0.2, 0.25) is 0 Å². The normalized spacial score (nSPS) is 15.9. The lowest BCUT2D eigenvalue weighted by Crippen LogP contribution is -2.38. The van der Waals surface area contributed by atoms with E-state index in [-0.39, 0.29) is 11.7 Å². The van der Waals surface area contributed by atoms with Crippen molar-refractivity contribution in [3.8, 4) is 5.75 Å². The van der Waals surface area contributed by atoms with Crippen LogP contribution in [0, 0.1) is 6.92 Å². The Bertz CT molecular complexity index is 728. The molecule has 24 heavy (non-hydrogen) atoms. The highest BCUT2D eigenvalue weighted by atomic mass is 16.3. The number of carbonyl (C=O) groups excluding carboxylic acids is 1. The summed E-state index contributed by atoms with van der Waals surface area (Å²) in [6.07, 6.45) is 5.75. The minimum atomic E-state index is -0.00375. The first kappa shape index (κ1) is 16.6. The molecular weight excluding hydrogens is 302 g/mol. The fraction of sp³-hybridized carbons (Fsp3) is 0.474. The molecule has 2 heterocycles. The Hall–Kier alpha value is -2.30. The number of rotatable bonds is 3. The molecule has 0 aliphatic carbocycles. The molecule has 1 aliphatic rings. The average Bonchev–Trinajstić information content (AvgIpc) is 3.07. The lowest BCUT2D eigenvalue weighted by atomic mass is 9.95. The van der Waals surface area contributed by atoms with Crippen molar-refractivity contribution in [2.75, 3.05) is 13.1 Å². The van der Waals surface area contributed by atoms with E-state index in [1.165, 1.54) is 0 Å². The first-order valence-electron chi connectivity index (χ1n) is 8.59. The van der Waals surface area contributed by atoms with Crippen LogP contribution in [0.25, 0.3) is 0 Å². The van der Waals surface area contributed by atoms with E-state index in [0.717, 1.165) is 37.3 Å². The van der Waals surface area contributed by atoms with Crippen LogP contribution in [0.5, 0.6) is 5.75 Å². The van der Waals surface area contributed by atoms with Gasteiger partial charge in [-0.15, -0.1) is 0 Å². The fourth-order valence-electron chi connectivity index (χ4n) is 3.34. The van der Waals surface area contributed by atoms with Crippen molar-refractivity contribution in [1.29, 1.82) is 0 Å². The zero-order valence-electron chi connectivity index (χ0n) is 14.6. The van der Waals surface area contributed by atoms with Crippen molar-refractivity contribution < 1.29 is 9.90 Å². The third-order valence-corrected chi connectivity index (χ3v) is 4.86. The van der Waals surface area contributed by atoms with Crippen molar-refractivity contribution in [1.82, 2.24) is 14.5 Å². The van der Waals surface area contributed by atoms with Crippen molar-refractivity contribution in [2.45, 2.75) is 45.6 Å². The number of carbonyl (C=O) groups is 1. The topological polar surface area (TPSA) is 58.4 Å². The largest absolute Gasteiger partial charge is 0.508 e. The molecule has 128 valence electrons. The number of hydrogen-bond acceptors (Lipinski definition) is 3. The molecule has 1 aromatic heterocycles. The quantitative estimate of drug-likeness (QED) is 0.938. The smallest absolute Gasteiger partial charge is 0.253 e. The number of aromatic nitrogens is 2. The van der Waals surface area contributed by atoms with E-state index in [9.17, 15) is 9.90 Å². The minimum Gasteiger partial charge on any atom is -0.508 e. The van der Waals surface area contributed by atoms with Crippen LogP contribution in [-0.2, 0) is 0 Å². The Morgan fingerprint density at radius 1 is 1.29 bits per heavy atom. The highest BCUT2D eigenvalue weighted by molar-refractivity contribution is 5.94. The maximum atomic E-state index is 12.6.